The van der Waals surface area contributed by atoms with Gasteiger partial charge in [-0.1, -0.05) is 270 Å². The molecule has 6 aliphatic carbocycles. The molecular weight excluding hydrogens is 897 g/mol. The predicted molar refractivity (Wildman–Crippen MR) is 309 cm³/mol. The molecule has 0 saturated heterocycles. The molecule has 6 aliphatic rings. The predicted octanol–water partition coefficient (Wildman–Crippen LogP) is 19.2. The van der Waals surface area contributed by atoms with Gasteiger partial charge in [-0.15, -0.1) is 6.42 Å². The van der Waals surface area contributed by atoms with Crippen molar-refractivity contribution in [3.05, 3.63) is 199 Å². The Hall–Kier alpha value is -5.96. The van der Waals surface area contributed by atoms with Crippen LogP contribution < -0.4 is 9.47 Å². The highest BCUT2D eigenvalue weighted by atomic mass is 16.5. The standard InChI is InChI=1S/C72H82O2/c1-4-7-9-11-13-15-17-19-21-23-25-35-49-73-53-46-48-64(74-50-36-26-24-22-20-18-16-14-12-10-8-5-2)52(51-53)45-47-63-71-67-59-41-31-27-37-55(59)65(56-38-28-32-42-60(56)67)69(71)54(6-3)70-66-57-39-29-33-43-61(57)68(72(63)70)62-44-34-30-40-58(62)66/h3,27-34,37-44,46,48,51,65-68H,4-5,7-26,35-36,49-50H2,1-2H3. The Morgan fingerprint density at radius 1 is 0.351 bits per heavy atom. The molecular formula is C72H82O2. The van der Waals surface area contributed by atoms with Crippen LogP contribution in [0.5, 0.6) is 11.5 Å². The van der Waals surface area contributed by atoms with Crippen molar-refractivity contribution in [2.75, 3.05) is 13.2 Å². The van der Waals surface area contributed by atoms with Gasteiger partial charge in [-0.25, -0.2) is 0 Å². The van der Waals surface area contributed by atoms with Gasteiger partial charge >= 0.3 is 0 Å². The van der Waals surface area contributed by atoms with Gasteiger partial charge in [-0.2, -0.15) is 0 Å². The molecule has 0 aromatic heterocycles. The Bertz CT molecular complexity index is 2730. The van der Waals surface area contributed by atoms with Crippen molar-refractivity contribution in [1.29, 1.82) is 0 Å². The average molecular weight is 979 g/mol. The van der Waals surface area contributed by atoms with Gasteiger partial charge in [0, 0.05) is 34.8 Å². The van der Waals surface area contributed by atoms with Crippen LogP contribution in [0.4, 0.5) is 0 Å². The third kappa shape index (κ3) is 10.9. The van der Waals surface area contributed by atoms with E-state index in [1.54, 1.807) is 0 Å². The maximum Gasteiger partial charge on any atom is 0.135 e. The number of terminal acetylenes is 1. The number of rotatable bonds is 28. The molecule has 12 rings (SSSR count). The van der Waals surface area contributed by atoms with Gasteiger partial charge < -0.3 is 9.47 Å². The molecule has 0 heterocycles. The van der Waals surface area contributed by atoms with Crippen LogP contribution in [0.15, 0.2) is 115 Å². The molecule has 382 valence electrons. The van der Waals surface area contributed by atoms with E-state index in [4.69, 9.17) is 15.9 Å². The fraction of sp³-hybridized carbons (Fsp3) is 0.444. The van der Waals surface area contributed by atoms with Crippen LogP contribution in [0.2, 0.25) is 0 Å². The quantitative estimate of drug-likeness (QED) is 0.0360. The third-order valence-corrected chi connectivity index (χ3v) is 17.2. The first-order valence-corrected chi connectivity index (χ1v) is 29.7. The van der Waals surface area contributed by atoms with Gasteiger partial charge in [0.05, 0.1) is 18.8 Å². The van der Waals surface area contributed by atoms with E-state index < -0.39 is 0 Å². The summed E-state index contributed by atoms with van der Waals surface area (Å²) < 4.78 is 13.3. The zero-order valence-electron chi connectivity index (χ0n) is 45.1. The van der Waals surface area contributed by atoms with Crippen molar-refractivity contribution in [2.24, 2.45) is 0 Å². The lowest BCUT2D eigenvalue weighted by Crippen LogP contribution is -2.35. The summed E-state index contributed by atoms with van der Waals surface area (Å²) in [4.78, 5) is 0. The largest absolute Gasteiger partial charge is 0.494 e. The number of unbranched alkanes of at least 4 members (excludes halogenated alkanes) is 22. The second kappa shape index (κ2) is 25.5. The number of hydrogen-bond donors (Lipinski definition) is 0. The molecule has 0 aliphatic heterocycles. The van der Waals surface area contributed by atoms with Gasteiger partial charge in [0.2, 0.25) is 0 Å². The molecule has 6 aromatic carbocycles. The van der Waals surface area contributed by atoms with E-state index in [1.807, 2.05) is 0 Å². The number of hydrogen-bond acceptors (Lipinski definition) is 2. The first kappa shape index (κ1) is 51.5. The highest BCUT2D eigenvalue weighted by molar-refractivity contribution is 5.82. The summed E-state index contributed by atoms with van der Waals surface area (Å²) in [6.45, 7) is 5.99. The summed E-state index contributed by atoms with van der Waals surface area (Å²) in [7, 11) is 0. The summed E-state index contributed by atoms with van der Waals surface area (Å²) >= 11 is 0. The summed E-state index contributed by atoms with van der Waals surface area (Å²) in [6, 6.07) is 42.9. The highest BCUT2D eigenvalue weighted by Gasteiger charge is 2.50. The van der Waals surface area contributed by atoms with E-state index >= 15 is 0 Å². The summed E-state index contributed by atoms with van der Waals surface area (Å²) in [5, 5.41) is 0. The molecule has 0 saturated carbocycles. The van der Waals surface area contributed by atoms with Crippen LogP contribution in [0, 0.1) is 24.2 Å². The maximum atomic E-state index is 6.91. The fourth-order valence-corrected chi connectivity index (χ4v) is 13.6. The van der Waals surface area contributed by atoms with Gasteiger partial charge in [0.1, 0.15) is 11.5 Å². The van der Waals surface area contributed by atoms with Crippen molar-refractivity contribution in [1.82, 2.24) is 0 Å². The van der Waals surface area contributed by atoms with Gasteiger partial charge in [-0.05, 0) is 97.8 Å². The fourth-order valence-electron chi connectivity index (χ4n) is 13.6. The van der Waals surface area contributed by atoms with Crippen LogP contribution >= 0.6 is 0 Å². The van der Waals surface area contributed by atoms with Crippen LogP contribution in [-0.4, -0.2) is 13.2 Å². The van der Waals surface area contributed by atoms with Crippen molar-refractivity contribution < 1.29 is 9.47 Å². The zero-order valence-corrected chi connectivity index (χ0v) is 45.1. The molecule has 0 fully saturated rings. The van der Waals surface area contributed by atoms with Crippen molar-refractivity contribution in [3.8, 4) is 35.7 Å². The lowest BCUT2D eigenvalue weighted by Gasteiger charge is -2.48. The van der Waals surface area contributed by atoms with Crippen molar-refractivity contribution in [3.63, 3.8) is 0 Å². The molecule has 0 N–H and O–H groups in total. The van der Waals surface area contributed by atoms with E-state index in [-0.39, 0.29) is 23.7 Å². The summed E-state index contributed by atoms with van der Waals surface area (Å²) in [5.74, 6) is 13.1. The van der Waals surface area contributed by atoms with E-state index in [9.17, 15) is 0 Å². The molecule has 0 amide bonds. The molecule has 4 bridgehead atoms. The molecule has 2 heteroatoms. The lowest BCUT2D eigenvalue weighted by molar-refractivity contribution is 0.295. The van der Waals surface area contributed by atoms with Crippen molar-refractivity contribution in [2.45, 2.75) is 192 Å². The SMILES string of the molecule is C#Cc1c2c(c(C#Cc3cc(OCCCCCCCCCCCCCC)ccc3OCCCCCCCCCCCCCC)c3c1C1c4ccccc4C3c3ccccc31)C1c3ccccc3C2c2ccccc21. The van der Waals surface area contributed by atoms with Crippen LogP contribution in [0.3, 0.4) is 0 Å². The Labute approximate surface area is 446 Å². The Morgan fingerprint density at radius 3 is 1.00 bits per heavy atom. The molecule has 74 heavy (non-hydrogen) atoms. The van der Waals surface area contributed by atoms with E-state index in [1.165, 1.54) is 208 Å². The summed E-state index contributed by atoms with van der Waals surface area (Å²) in [5.41, 5.74) is 19.2. The Kier molecular flexibility index (Phi) is 17.8. The average Bonchev–Trinajstić information content (AvgIpc) is 3.44. The van der Waals surface area contributed by atoms with Crippen LogP contribution in [-0.2, 0) is 0 Å². The van der Waals surface area contributed by atoms with E-state index in [2.05, 4.69) is 147 Å². The highest BCUT2D eigenvalue weighted by Crippen LogP contribution is 2.64. The first-order valence-electron chi connectivity index (χ1n) is 29.7. The molecule has 0 unspecified atom stereocenters. The monoisotopic (exact) mass is 979 g/mol. The smallest absolute Gasteiger partial charge is 0.135 e. The van der Waals surface area contributed by atoms with E-state index in [0.29, 0.717) is 13.2 Å². The number of benzene rings is 6. The Balaban J connectivity index is 0.959. The van der Waals surface area contributed by atoms with E-state index in [0.717, 1.165) is 41.0 Å². The normalized spacial score (nSPS) is 16.7. The maximum absolute atomic E-state index is 6.91. The minimum Gasteiger partial charge on any atom is -0.494 e. The van der Waals surface area contributed by atoms with Gasteiger partial charge in [0.15, 0.2) is 0 Å². The second-order valence-electron chi connectivity index (χ2n) is 22.2. The Morgan fingerprint density at radius 2 is 0.662 bits per heavy atom. The molecule has 0 spiro atoms. The molecule has 0 radical (unpaired) electrons. The first-order chi connectivity index (χ1) is 36.7. The minimum atomic E-state index is 0.0155. The molecule has 0 atom stereocenters. The molecule has 6 aromatic rings. The zero-order chi connectivity index (χ0) is 50.5. The lowest BCUT2D eigenvalue weighted by atomic mass is 9.53. The summed E-state index contributed by atoms with van der Waals surface area (Å²) in [6.07, 6.45) is 38.7. The third-order valence-electron chi connectivity index (χ3n) is 17.2. The molecule has 2 nitrogen and oxygen atoms in total. The minimum absolute atomic E-state index is 0.0155. The number of ether oxygens (including phenoxy) is 2. The van der Waals surface area contributed by atoms with Crippen LogP contribution in [0.1, 0.15) is 275 Å². The van der Waals surface area contributed by atoms with Gasteiger partial charge in [0.25, 0.3) is 0 Å². The second-order valence-corrected chi connectivity index (χ2v) is 22.2. The van der Waals surface area contributed by atoms with Gasteiger partial charge in [-0.3, -0.25) is 0 Å². The van der Waals surface area contributed by atoms with Crippen molar-refractivity contribution >= 4 is 0 Å². The van der Waals surface area contributed by atoms with Crippen LogP contribution in [0.25, 0.3) is 0 Å². The topological polar surface area (TPSA) is 18.5 Å².